The lowest BCUT2D eigenvalue weighted by Gasteiger charge is -2.49. The van der Waals surface area contributed by atoms with E-state index in [0.29, 0.717) is 19.7 Å². The van der Waals surface area contributed by atoms with E-state index in [4.69, 9.17) is 4.84 Å². The maximum atomic E-state index is 13.3. The SMILES string of the molecule is CCO/N=C(\c1ccc(Br)cc1)C1CCN(C2(C)CCN(C(=O)c3c[nH]c4cc(C(F)(F)F)ccc4c3=O)CC2)CC1. The maximum Gasteiger partial charge on any atom is 0.416 e. The first kappa shape index (κ1) is 30.3. The average molecular weight is 648 g/mol. The molecule has 1 aromatic heterocycles. The fourth-order valence-corrected chi connectivity index (χ4v) is 6.31. The van der Waals surface area contributed by atoms with Crippen LogP contribution in [0.5, 0.6) is 0 Å². The Hall–Kier alpha value is -3.18. The van der Waals surface area contributed by atoms with E-state index in [2.05, 4.69) is 50.0 Å². The van der Waals surface area contributed by atoms with E-state index in [1.807, 2.05) is 19.1 Å². The number of alkyl halides is 3. The second-order valence-electron chi connectivity index (χ2n) is 11.2. The number of likely N-dealkylation sites (tertiary alicyclic amines) is 2. The second-order valence-corrected chi connectivity index (χ2v) is 12.2. The van der Waals surface area contributed by atoms with Crippen LogP contribution in [0.25, 0.3) is 10.9 Å². The van der Waals surface area contributed by atoms with Crippen LogP contribution in [-0.2, 0) is 11.0 Å². The molecule has 0 atom stereocenters. The maximum absolute atomic E-state index is 13.3. The van der Waals surface area contributed by atoms with E-state index in [1.54, 1.807) is 4.90 Å². The molecule has 3 aromatic rings. The summed E-state index contributed by atoms with van der Waals surface area (Å²) in [4.78, 5) is 38.7. The number of halogens is 4. The molecule has 3 heterocycles. The summed E-state index contributed by atoms with van der Waals surface area (Å²) in [6.45, 7) is 7.47. The van der Waals surface area contributed by atoms with Gasteiger partial charge in [0.1, 0.15) is 12.2 Å². The number of carbonyl (C=O) groups excluding carboxylic acids is 1. The van der Waals surface area contributed by atoms with E-state index < -0.39 is 23.1 Å². The van der Waals surface area contributed by atoms with Crippen molar-refractivity contribution in [1.29, 1.82) is 0 Å². The minimum Gasteiger partial charge on any atom is -0.396 e. The molecule has 0 unspecified atom stereocenters. The molecule has 2 saturated heterocycles. The van der Waals surface area contributed by atoms with Gasteiger partial charge in [0, 0.05) is 46.1 Å². The predicted octanol–water partition coefficient (Wildman–Crippen LogP) is 6.46. The summed E-state index contributed by atoms with van der Waals surface area (Å²) in [7, 11) is 0. The topological polar surface area (TPSA) is 78.0 Å². The van der Waals surface area contributed by atoms with E-state index in [9.17, 15) is 22.8 Å². The largest absolute Gasteiger partial charge is 0.416 e. The van der Waals surface area contributed by atoms with Gasteiger partial charge in [-0.05, 0) is 88.5 Å². The number of piperidine rings is 2. The third-order valence-corrected chi connectivity index (χ3v) is 9.17. The Bertz CT molecular complexity index is 1520. The highest BCUT2D eigenvalue weighted by Crippen LogP contribution is 2.34. The van der Waals surface area contributed by atoms with Crippen molar-refractivity contribution in [2.45, 2.75) is 51.2 Å². The Morgan fingerprint density at radius 1 is 1.10 bits per heavy atom. The summed E-state index contributed by atoms with van der Waals surface area (Å²) >= 11 is 3.50. The lowest BCUT2D eigenvalue weighted by atomic mass is 9.82. The van der Waals surface area contributed by atoms with Gasteiger partial charge >= 0.3 is 6.18 Å². The van der Waals surface area contributed by atoms with Crippen molar-refractivity contribution in [2.75, 3.05) is 32.8 Å². The van der Waals surface area contributed by atoms with Crippen molar-refractivity contribution in [3.63, 3.8) is 0 Å². The molecule has 0 bridgehead atoms. The lowest BCUT2D eigenvalue weighted by Crippen LogP contribution is -2.57. The molecule has 11 heteroatoms. The van der Waals surface area contributed by atoms with Gasteiger partial charge in [0.15, 0.2) is 0 Å². The molecule has 1 N–H and O–H groups in total. The molecular formula is C31H34BrF3N4O3. The van der Waals surface area contributed by atoms with Gasteiger partial charge in [-0.2, -0.15) is 13.2 Å². The van der Waals surface area contributed by atoms with Gasteiger partial charge in [-0.3, -0.25) is 14.5 Å². The van der Waals surface area contributed by atoms with Gasteiger partial charge < -0.3 is 14.7 Å². The molecule has 0 saturated carbocycles. The number of pyridine rings is 1. The first-order valence-electron chi connectivity index (χ1n) is 14.2. The van der Waals surface area contributed by atoms with E-state index in [-0.39, 0.29) is 27.9 Å². The first-order chi connectivity index (χ1) is 20.0. The number of nitrogens with zero attached hydrogens (tertiary/aromatic N) is 3. The summed E-state index contributed by atoms with van der Waals surface area (Å²) in [5.74, 6) is -0.115. The third-order valence-electron chi connectivity index (χ3n) is 8.64. The zero-order chi connectivity index (χ0) is 30.1. The number of carbonyl (C=O) groups is 1. The van der Waals surface area contributed by atoms with Crippen molar-refractivity contribution in [3.8, 4) is 0 Å². The van der Waals surface area contributed by atoms with Crippen LogP contribution < -0.4 is 5.43 Å². The van der Waals surface area contributed by atoms with Crippen molar-refractivity contribution in [3.05, 3.63) is 80.0 Å². The predicted molar refractivity (Wildman–Crippen MR) is 160 cm³/mol. The number of hydrogen-bond donors (Lipinski definition) is 1. The second kappa shape index (κ2) is 12.2. The number of aromatic amines is 1. The van der Waals surface area contributed by atoms with Crippen LogP contribution in [0.1, 0.15) is 61.0 Å². The zero-order valence-corrected chi connectivity index (χ0v) is 25.2. The van der Waals surface area contributed by atoms with Crippen LogP contribution in [0.2, 0.25) is 0 Å². The van der Waals surface area contributed by atoms with Gasteiger partial charge in [-0.15, -0.1) is 0 Å². The number of rotatable bonds is 6. The van der Waals surface area contributed by atoms with Crippen molar-refractivity contribution in [2.24, 2.45) is 11.1 Å². The van der Waals surface area contributed by atoms with E-state index in [1.165, 1.54) is 6.20 Å². The molecule has 2 fully saturated rings. The summed E-state index contributed by atoms with van der Waals surface area (Å²) in [5.41, 5.74) is 0.539. The Kier molecular flexibility index (Phi) is 8.80. The quantitative estimate of drug-likeness (QED) is 0.246. The highest BCUT2D eigenvalue weighted by Gasteiger charge is 2.40. The standard InChI is InChI=1S/C31H34BrF3N4O3/c1-3-42-37-27(20-4-7-23(32)8-5-20)21-10-14-39(15-11-21)30(2)12-16-38(17-13-30)29(41)25-19-36-26-18-22(31(33,34)35)6-9-24(26)28(25)40/h4-9,18-19,21H,3,10-17H2,1-2H3,(H,36,40)/b37-27+. The first-order valence-corrected chi connectivity index (χ1v) is 15.0. The van der Waals surface area contributed by atoms with E-state index >= 15 is 0 Å². The average Bonchev–Trinajstić information content (AvgIpc) is 2.98. The smallest absolute Gasteiger partial charge is 0.396 e. The number of nitrogens with one attached hydrogen (secondary N) is 1. The van der Waals surface area contributed by atoms with Crippen molar-refractivity contribution < 1.29 is 22.8 Å². The number of oxime groups is 1. The fraction of sp³-hybridized carbons (Fsp3) is 0.452. The highest BCUT2D eigenvalue weighted by molar-refractivity contribution is 9.10. The molecule has 5 rings (SSSR count). The Morgan fingerprint density at radius 2 is 1.76 bits per heavy atom. The fourth-order valence-electron chi connectivity index (χ4n) is 6.05. The van der Waals surface area contributed by atoms with Gasteiger partial charge in [0.25, 0.3) is 5.91 Å². The van der Waals surface area contributed by atoms with Gasteiger partial charge in [0.2, 0.25) is 5.43 Å². The molecule has 2 aliphatic heterocycles. The van der Waals surface area contributed by atoms with Crippen LogP contribution in [0.15, 0.2) is 63.1 Å². The number of aromatic nitrogens is 1. The Morgan fingerprint density at radius 3 is 2.38 bits per heavy atom. The molecule has 2 aromatic carbocycles. The monoisotopic (exact) mass is 646 g/mol. The van der Waals surface area contributed by atoms with Crippen LogP contribution >= 0.6 is 15.9 Å². The number of benzene rings is 2. The Labute approximate surface area is 250 Å². The summed E-state index contributed by atoms with van der Waals surface area (Å²) < 4.78 is 40.2. The number of amides is 1. The molecule has 0 aliphatic carbocycles. The minimum atomic E-state index is -4.52. The summed E-state index contributed by atoms with van der Waals surface area (Å²) in [6, 6.07) is 11.0. The van der Waals surface area contributed by atoms with Crippen molar-refractivity contribution >= 4 is 38.5 Å². The molecule has 1 amide bonds. The molecule has 2 aliphatic rings. The van der Waals surface area contributed by atoms with Crippen LogP contribution in [0, 0.1) is 5.92 Å². The van der Waals surface area contributed by atoms with Gasteiger partial charge in [-0.25, -0.2) is 0 Å². The van der Waals surface area contributed by atoms with Crippen LogP contribution in [0.4, 0.5) is 13.2 Å². The summed E-state index contributed by atoms with van der Waals surface area (Å²) in [6.07, 6.45) is 0.130. The minimum absolute atomic E-state index is 0.0515. The number of hydrogen-bond acceptors (Lipinski definition) is 5. The molecule has 7 nitrogen and oxygen atoms in total. The number of H-pyrrole nitrogens is 1. The molecule has 0 radical (unpaired) electrons. The van der Waals surface area contributed by atoms with Gasteiger partial charge in [-0.1, -0.05) is 33.2 Å². The highest BCUT2D eigenvalue weighted by atomic mass is 79.9. The van der Waals surface area contributed by atoms with Crippen LogP contribution in [0.3, 0.4) is 0 Å². The molecule has 0 spiro atoms. The van der Waals surface area contributed by atoms with Crippen LogP contribution in [-0.4, -0.2) is 64.7 Å². The Balaban J connectivity index is 1.22. The molecular weight excluding hydrogens is 613 g/mol. The lowest BCUT2D eigenvalue weighted by molar-refractivity contribution is -0.137. The zero-order valence-electron chi connectivity index (χ0n) is 23.6. The normalized spacial score (nSPS) is 18.8. The van der Waals surface area contributed by atoms with E-state index in [0.717, 1.165) is 72.7 Å². The van der Waals surface area contributed by atoms with Crippen molar-refractivity contribution in [1.82, 2.24) is 14.8 Å². The number of fused-ring (bicyclic) bond motifs is 1. The third kappa shape index (κ3) is 6.27. The van der Waals surface area contributed by atoms with Gasteiger partial charge in [0.05, 0.1) is 11.3 Å². The molecule has 224 valence electrons. The molecule has 42 heavy (non-hydrogen) atoms. The summed E-state index contributed by atoms with van der Waals surface area (Å²) in [5, 5.41) is 4.54.